The van der Waals surface area contributed by atoms with E-state index < -0.39 is 6.04 Å². The van der Waals surface area contributed by atoms with Crippen LogP contribution in [0.1, 0.15) is 17.0 Å². The maximum Gasteiger partial charge on any atom is 0.233 e. The standard InChI is InChI=1S/C15H18N4O2/c1-17-9-13(7-16-17)14-10-18(11-15(14)19(20)21)8-12-5-3-2-4-6-12/h2-7,9,14-15H,8,10-11H2,1H3/t14-,15+/m0/s1. The number of likely N-dealkylation sites (tertiary alicyclic amines) is 1. The molecule has 6 heteroatoms. The van der Waals surface area contributed by atoms with Gasteiger partial charge in [-0.15, -0.1) is 0 Å². The zero-order valence-electron chi connectivity index (χ0n) is 11.9. The largest absolute Gasteiger partial charge is 0.292 e. The van der Waals surface area contributed by atoms with Gasteiger partial charge in [0.15, 0.2) is 0 Å². The predicted molar refractivity (Wildman–Crippen MR) is 78.5 cm³/mol. The molecule has 2 atom stereocenters. The van der Waals surface area contributed by atoms with Gasteiger partial charge in [-0.1, -0.05) is 30.3 Å². The Labute approximate surface area is 123 Å². The summed E-state index contributed by atoms with van der Waals surface area (Å²) in [6.45, 7) is 1.94. The number of rotatable bonds is 4. The Morgan fingerprint density at radius 3 is 2.71 bits per heavy atom. The molecule has 0 N–H and O–H groups in total. The molecule has 21 heavy (non-hydrogen) atoms. The molecule has 1 saturated heterocycles. The van der Waals surface area contributed by atoms with Crippen LogP contribution in [-0.4, -0.2) is 38.7 Å². The molecular formula is C15H18N4O2. The van der Waals surface area contributed by atoms with E-state index in [0.29, 0.717) is 13.1 Å². The molecule has 0 radical (unpaired) electrons. The summed E-state index contributed by atoms with van der Waals surface area (Å²) in [6, 6.07) is 9.52. The fourth-order valence-corrected chi connectivity index (χ4v) is 3.01. The van der Waals surface area contributed by atoms with Crippen molar-refractivity contribution in [3.63, 3.8) is 0 Å². The molecule has 1 aromatic carbocycles. The molecule has 1 aliphatic heterocycles. The third-order valence-electron chi connectivity index (χ3n) is 4.04. The van der Waals surface area contributed by atoms with Gasteiger partial charge < -0.3 is 0 Å². The smallest absolute Gasteiger partial charge is 0.233 e. The number of nitro groups is 1. The average molecular weight is 286 g/mol. The first-order chi connectivity index (χ1) is 10.1. The third-order valence-corrected chi connectivity index (χ3v) is 4.04. The Kier molecular flexibility index (Phi) is 3.70. The van der Waals surface area contributed by atoms with E-state index in [4.69, 9.17) is 0 Å². The normalized spacial score (nSPS) is 22.5. The monoisotopic (exact) mass is 286 g/mol. The molecule has 0 unspecified atom stereocenters. The molecular weight excluding hydrogens is 268 g/mol. The topological polar surface area (TPSA) is 64.2 Å². The zero-order valence-corrected chi connectivity index (χ0v) is 11.9. The van der Waals surface area contributed by atoms with Gasteiger partial charge in [-0.05, 0) is 5.56 Å². The summed E-state index contributed by atoms with van der Waals surface area (Å²) in [5.41, 5.74) is 2.14. The van der Waals surface area contributed by atoms with Crippen LogP contribution in [-0.2, 0) is 13.6 Å². The molecule has 1 aliphatic rings. The summed E-state index contributed by atoms with van der Waals surface area (Å²) in [4.78, 5) is 13.3. The first kappa shape index (κ1) is 13.8. The molecule has 6 nitrogen and oxygen atoms in total. The Bertz CT molecular complexity index is 626. The lowest BCUT2D eigenvalue weighted by molar-refractivity contribution is -0.521. The van der Waals surface area contributed by atoms with Crippen LogP contribution < -0.4 is 0 Å². The van der Waals surface area contributed by atoms with Crippen molar-refractivity contribution in [2.45, 2.75) is 18.5 Å². The Hall–Kier alpha value is -2.21. The van der Waals surface area contributed by atoms with Gasteiger partial charge in [-0.3, -0.25) is 19.7 Å². The van der Waals surface area contributed by atoms with Gasteiger partial charge >= 0.3 is 0 Å². The van der Waals surface area contributed by atoms with Crippen LogP contribution in [0, 0.1) is 10.1 Å². The second kappa shape index (κ2) is 5.65. The number of hydrogen-bond donors (Lipinski definition) is 0. The second-order valence-corrected chi connectivity index (χ2v) is 5.59. The Balaban J connectivity index is 1.76. The summed E-state index contributed by atoms with van der Waals surface area (Å²) in [5, 5.41) is 15.5. The van der Waals surface area contributed by atoms with E-state index in [1.807, 2.05) is 31.4 Å². The lowest BCUT2D eigenvalue weighted by Gasteiger charge is -2.14. The van der Waals surface area contributed by atoms with Gasteiger partial charge in [0.2, 0.25) is 6.04 Å². The lowest BCUT2D eigenvalue weighted by atomic mass is 9.98. The highest BCUT2D eigenvalue weighted by molar-refractivity contribution is 5.19. The number of aryl methyl sites for hydroxylation is 1. The molecule has 2 heterocycles. The van der Waals surface area contributed by atoms with Crippen LogP contribution in [0.15, 0.2) is 42.7 Å². The minimum Gasteiger partial charge on any atom is -0.292 e. The van der Waals surface area contributed by atoms with Crippen molar-refractivity contribution in [1.82, 2.24) is 14.7 Å². The lowest BCUT2D eigenvalue weighted by Crippen LogP contribution is -2.27. The van der Waals surface area contributed by atoms with Crippen molar-refractivity contribution in [3.8, 4) is 0 Å². The number of nitrogens with zero attached hydrogens (tertiary/aromatic N) is 4. The van der Waals surface area contributed by atoms with Crippen LogP contribution in [0.5, 0.6) is 0 Å². The van der Waals surface area contributed by atoms with Crippen LogP contribution in [0.2, 0.25) is 0 Å². The molecule has 1 aromatic heterocycles. The SMILES string of the molecule is Cn1cc([C@@H]2CN(Cc3ccccc3)C[C@H]2[N+](=O)[O-])cn1. The molecule has 0 bridgehead atoms. The summed E-state index contributed by atoms with van der Waals surface area (Å²) in [7, 11) is 1.83. The van der Waals surface area contributed by atoms with Gasteiger partial charge in [-0.2, -0.15) is 5.10 Å². The van der Waals surface area contributed by atoms with E-state index in [1.165, 1.54) is 5.56 Å². The quantitative estimate of drug-likeness (QED) is 0.633. The van der Waals surface area contributed by atoms with Gasteiger partial charge in [-0.25, -0.2) is 0 Å². The second-order valence-electron chi connectivity index (χ2n) is 5.59. The van der Waals surface area contributed by atoms with E-state index >= 15 is 0 Å². The molecule has 1 fully saturated rings. The van der Waals surface area contributed by atoms with Crippen LogP contribution >= 0.6 is 0 Å². The Morgan fingerprint density at radius 2 is 2.10 bits per heavy atom. The van der Waals surface area contributed by atoms with Crippen LogP contribution in [0.3, 0.4) is 0 Å². The fraction of sp³-hybridized carbons (Fsp3) is 0.400. The molecule has 3 rings (SSSR count). The summed E-state index contributed by atoms with van der Waals surface area (Å²) in [5.74, 6) is -0.0857. The van der Waals surface area contributed by atoms with Gasteiger partial charge in [0.05, 0.1) is 18.7 Å². The Morgan fingerprint density at radius 1 is 1.33 bits per heavy atom. The highest BCUT2D eigenvalue weighted by atomic mass is 16.6. The van der Waals surface area contributed by atoms with E-state index in [0.717, 1.165) is 12.1 Å². The van der Waals surface area contributed by atoms with Crippen molar-refractivity contribution in [3.05, 3.63) is 64.0 Å². The number of hydrogen-bond acceptors (Lipinski definition) is 4. The highest BCUT2D eigenvalue weighted by Gasteiger charge is 2.42. The molecule has 110 valence electrons. The van der Waals surface area contributed by atoms with Crippen molar-refractivity contribution in [2.24, 2.45) is 7.05 Å². The van der Waals surface area contributed by atoms with E-state index in [9.17, 15) is 10.1 Å². The number of benzene rings is 1. The minimum absolute atomic E-state index is 0.0857. The van der Waals surface area contributed by atoms with Crippen molar-refractivity contribution in [1.29, 1.82) is 0 Å². The zero-order chi connectivity index (χ0) is 14.8. The van der Waals surface area contributed by atoms with E-state index in [-0.39, 0.29) is 10.8 Å². The summed E-state index contributed by atoms with van der Waals surface area (Å²) in [6.07, 6.45) is 3.63. The molecule has 0 saturated carbocycles. The van der Waals surface area contributed by atoms with E-state index in [2.05, 4.69) is 22.1 Å². The fourth-order valence-electron chi connectivity index (χ4n) is 3.01. The first-order valence-electron chi connectivity index (χ1n) is 7.02. The third kappa shape index (κ3) is 2.95. The highest BCUT2D eigenvalue weighted by Crippen LogP contribution is 2.30. The first-order valence-corrected chi connectivity index (χ1v) is 7.02. The van der Waals surface area contributed by atoms with Crippen molar-refractivity contribution >= 4 is 0 Å². The van der Waals surface area contributed by atoms with Crippen molar-refractivity contribution in [2.75, 3.05) is 13.1 Å². The summed E-state index contributed by atoms with van der Waals surface area (Å²) < 4.78 is 1.70. The maximum atomic E-state index is 11.3. The molecule has 0 spiro atoms. The molecule has 0 aliphatic carbocycles. The van der Waals surface area contributed by atoms with Gasteiger partial charge in [0.25, 0.3) is 0 Å². The predicted octanol–water partition coefficient (Wildman–Crippen LogP) is 1.66. The van der Waals surface area contributed by atoms with Gasteiger partial charge in [0.1, 0.15) is 0 Å². The molecule has 0 amide bonds. The van der Waals surface area contributed by atoms with Crippen LogP contribution in [0.25, 0.3) is 0 Å². The van der Waals surface area contributed by atoms with Crippen molar-refractivity contribution < 1.29 is 4.92 Å². The minimum atomic E-state index is -0.557. The van der Waals surface area contributed by atoms with Crippen LogP contribution in [0.4, 0.5) is 0 Å². The van der Waals surface area contributed by atoms with Gasteiger partial charge in [0, 0.05) is 36.8 Å². The van der Waals surface area contributed by atoms with E-state index in [1.54, 1.807) is 10.9 Å². The summed E-state index contributed by atoms with van der Waals surface area (Å²) >= 11 is 0. The molecule has 2 aromatic rings. The number of aromatic nitrogens is 2. The maximum absolute atomic E-state index is 11.3. The average Bonchev–Trinajstić information content (AvgIpc) is 3.06.